The van der Waals surface area contributed by atoms with Gasteiger partial charge in [-0.15, -0.1) is 0 Å². The number of hydrogen-bond acceptors (Lipinski definition) is 5. The molecule has 3 aromatic rings. The molecule has 3 heterocycles. The van der Waals surface area contributed by atoms with Crippen LogP contribution in [0.5, 0.6) is 0 Å². The second-order valence-electron chi connectivity index (χ2n) is 6.55. The van der Waals surface area contributed by atoms with Crippen LogP contribution in [0.2, 0.25) is 0 Å². The summed E-state index contributed by atoms with van der Waals surface area (Å²) in [6.45, 7) is 3.33. The van der Waals surface area contributed by atoms with Crippen LogP contribution in [-0.2, 0) is 18.1 Å². The zero-order valence-electron chi connectivity index (χ0n) is 14.8. The molecule has 1 amide bonds. The van der Waals surface area contributed by atoms with E-state index in [-0.39, 0.29) is 5.69 Å². The Morgan fingerprint density at radius 3 is 2.78 bits per heavy atom. The Morgan fingerprint density at radius 2 is 2.07 bits per heavy atom. The topological polar surface area (TPSA) is 86.3 Å². The number of rotatable bonds is 5. The van der Waals surface area contributed by atoms with E-state index in [0.29, 0.717) is 11.1 Å². The van der Waals surface area contributed by atoms with Gasteiger partial charge < -0.3 is 10.5 Å². The quantitative estimate of drug-likeness (QED) is 0.743. The first-order valence-electron chi connectivity index (χ1n) is 8.76. The van der Waals surface area contributed by atoms with E-state index in [0.717, 1.165) is 49.4 Å². The molecule has 0 radical (unpaired) electrons. The highest BCUT2D eigenvalue weighted by Crippen LogP contribution is 2.29. The number of morpholine rings is 1. The van der Waals surface area contributed by atoms with Gasteiger partial charge in [-0.3, -0.25) is 9.69 Å². The third-order valence-electron chi connectivity index (χ3n) is 4.70. The van der Waals surface area contributed by atoms with Gasteiger partial charge in [-0.2, -0.15) is 5.10 Å². The van der Waals surface area contributed by atoms with Gasteiger partial charge in [-0.05, 0) is 23.3 Å². The second kappa shape index (κ2) is 7.42. The summed E-state index contributed by atoms with van der Waals surface area (Å²) >= 11 is 0. The first-order chi connectivity index (χ1) is 13.1. The molecule has 140 valence electrons. The largest absolute Gasteiger partial charge is 0.379 e. The monoisotopic (exact) mass is 369 g/mol. The molecule has 27 heavy (non-hydrogen) atoms. The number of pyridine rings is 1. The SMILES string of the molecule is NC(=O)c1cc(-c2cnn(CF)c2)c2ccc(CN3CCOCC3)cc2n1. The molecule has 0 aliphatic carbocycles. The molecular weight excluding hydrogens is 349 g/mol. The van der Waals surface area contributed by atoms with Crippen LogP contribution < -0.4 is 5.73 Å². The fourth-order valence-electron chi connectivity index (χ4n) is 3.32. The van der Waals surface area contributed by atoms with E-state index in [4.69, 9.17) is 10.5 Å². The number of carbonyl (C=O) groups is 1. The number of hydrogen-bond donors (Lipinski definition) is 1. The lowest BCUT2D eigenvalue weighted by molar-refractivity contribution is 0.0342. The van der Waals surface area contributed by atoms with Gasteiger partial charge in [0.15, 0.2) is 6.80 Å². The number of benzene rings is 1. The Labute approximate surface area is 155 Å². The lowest BCUT2D eigenvalue weighted by Gasteiger charge is -2.26. The smallest absolute Gasteiger partial charge is 0.267 e. The Hall–Kier alpha value is -2.84. The van der Waals surface area contributed by atoms with Gasteiger partial charge in [0.25, 0.3) is 5.91 Å². The summed E-state index contributed by atoms with van der Waals surface area (Å²) in [7, 11) is 0. The van der Waals surface area contributed by atoms with E-state index in [9.17, 15) is 9.18 Å². The number of primary amides is 1. The molecule has 0 bridgehead atoms. The molecule has 1 aromatic carbocycles. The molecule has 0 unspecified atom stereocenters. The summed E-state index contributed by atoms with van der Waals surface area (Å²) in [5.74, 6) is -0.602. The Bertz CT molecular complexity index is 981. The van der Waals surface area contributed by atoms with Crippen LogP contribution in [0.4, 0.5) is 4.39 Å². The standard InChI is InChI=1S/C19H20FN5O2/c20-12-25-11-14(9-22-25)16-8-18(19(21)26)23-17-7-13(1-2-15(16)17)10-24-3-5-27-6-4-24/h1-2,7-9,11H,3-6,10,12H2,(H2,21,26). The van der Waals surface area contributed by atoms with E-state index in [2.05, 4.69) is 15.0 Å². The highest BCUT2D eigenvalue weighted by molar-refractivity contribution is 6.00. The molecule has 2 aromatic heterocycles. The van der Waals surface area contributed by atoms with Crippen LogP contribution >= 0.6 is 0 Å². The number of amides is 1. The Kier molecular flexibility index (Phi) is 4.83. The summed E-state index contributed by atoms with van der Waals surface area (Å²) in [6, 6.07) is 7.63. The minimum absolute atomic E-state index is 0.175. The van der Waals surface area contributed by atoms with Crippen molar-refractivity contribution in [2.45, 2.75) is 13.3 Å². The molecule has 0 spiro atoms. The molecule has 1 saturated heterocycles. The van der Waals surface area contributed by atoms with Crippen molar-refractivity contribution < 1.29 is 13.9 Å². The highest BCUT2D eigenvalue weighted by Gasteiger charge is 2.15. The predicted octanol–water partition coefficient (Wildman–Crippen LogP) is 1.96. The normalized spacial score (nSPS) is 15.3. The number of alkyl halides is 1. The van der Waals surface area contributed by atoms with Gasteiger partial charge in [0.05, 0.1) is 24.9 Å². The van der Waals surface area contributed by atoms with Crippen molar-refractivity contribution in [1.29, 1.82) is 0 Å². The fourth-order valence-corrected chi connectivity index (χ4v) is 3.32. The van der Waals surface area contributed by atoms with E-state index in [1.54, 1.807) is 18.5 Å². The molecule has 0 saturated carbocycles. The van der Waals surface area contributed by atoms with E-state index < -0.39 is 12.7 Å². The molecule has 0 atom stereocenters. The van der Waals surface area contributed by atoms with Crippen LogP contribution in [-0.4, -0.2) is 51.9 Å². The summed E-state index contributed by atoms with van der Waals surface area (Å²) in [5.41, 5.74) is 8.89. The number of ether oxygens (including phenoxy) is 1. The molecule has 8 heteroatoms. The van der Waals surface area contributed by atoms with Crippen LogP contribution in [0.15, 0.2) is 36.7 Å². The zero-order chi connectivity index (χ0) is 18.8. The summed E-state index contributed by atoms with van der Waals surface area (Å²) in [5, 5.41) is 4.84. The van der Waals surface area contributed by atoms with Crippen LogP contribution in [0.25, 0.3) is 22.0 Å². The number of carbonyl (C=O) groups excluding carboxylic acids is 1. The molecule has 1 fully saturated rings. The summed E-state index contributed by atoms with van der Waals surface area (Å²) in [4.78, 5) is 18.5. The van der Waals surface area contributed by atoms with Crippen molar-refractivity contribution in [2.24, 2.45) is 5.73 Å². The van der Waals surface area contributed by atoms with Crippen molar-refractivity contribution >= 4 is 16.8 Å². The lowest BCUT2D eigenvalue weighted by Crippen LogP contribution is -2.35. The number of aromatic nitrogens is 3. The highest BCUT2D eigenvalue weighted by atomic mass is 19.1. The molecule has 4 rings (SSSR count). The number of halogens is 1. The van der Waals surface area contributed by atoms with Crippen LogP contribution in [0.3, 0.4) is 0 Å². The molecule has 7 nitrogen and oxygen atoms in total. The zero-order valence-corrected chi connectivity index (χ0v) is 14.8. The molecule has 1 aliphatic rings. The first-order valence-corrected chi connectivity index (χ1v) is 8.76. The summed E-state index contributed by atoms with van der Waals surface area (Å²) < 4.78 is 19.4. The third-order valence-corrected chi connectivity index (χ3v) is 4.70. The van der Waals surface area contributed by atoms with E-state index >= 15 is 0 Å². The molecular formula is C19H20FN5O2. The maximum Gasteiger partial charge on any atom is 0.267 e. The van der Waals surface area contributed by atoms with Crippen molar-refractivity contribution in [1.82, 2.24) is 19.7 Å². The van der Waals surface area contributed by atoms with Crippen molar-refractivity contribution in [3.05, 3.63) is 47.9 Å². The molecule has 2 N–H and O–H groups in total. The van der Waals surface area contributed by atoms with Gasteiger partial charge in [-0.25, -0.2) is 14.1 Å². The Balaban J connectivity index is 1.76. The average molecular weight is 369 g/mol. The van der Waals surface area contributed by atoms with Gasteiger partial charge in [0.2, 0.25) is 0 Å². The minimum Gasteiger partial charge on any atom is -0.379 e. The van der Waals surface area contributed by atoms with Crippen LogP contribution in [0.1, 0.15) is 16.1 Å². The van der Waals surface area contributed by atoms with Crippen molar-refractivity contribution in [3.8, 4) is 11.1 Å². The maximum atomic E-state index is 12.9. The van der Waals surface area contributed by atoms with Gasteiger partial charge in [-0.1, -0.05) is 12.1 Å². The van der Waals surface area contributed by atoms with Crippen molar-refractivity contribution in [3.63, 3.8) is 0 Å². The predicted molar refractivity (Wildman–Crippen MR) is 98.7 cm³/mol. The second-order valence-corrected chi connectivity index (χ2v) is 6.55. The number of nitrogens with two attached hydrogens (primary N) is 1. The van der Waals surface area contributed by atoms with Gasteiger partial charge >= 0.3 is 0 Å². The minimum atomic E-state index is -0.713. The van der Waals surface area contributed by atoms with Gasteiger partial charge in [0, 0.05) is 36.8 Å². The maximum absolute atomic E-state index is 12.9. The van der Waals surface area contributed by atoms with Crippen LogP contribution in [0, 0.1) is 0 Å². The van der Waals surface area contributed by atoms with E-state index in [1.165, 1.54) is 4.68 Å². The lowest BCUT2D eigenvalue weighted by atomic mass is 10.0. The van der Waals surface area contributed by atoms with Gasteiger partial charge in [0.1, 0.15) is 5.69 Å². The first kappa shape index (κ1) is 17.6. The third kappa shape index (κ3) is 3.67. The average Bonchev–Trinajstić information content (AvgIpc) is 3.17. The number of fused-ring (bicyclic) bond motifs is 1. The summed E-state index contributed by atoms with van der Waals surface area (Å²) in [6.07, 6.45) is 3.17. The molecule has 1 aliphatic heterocycles. The number of nitrogens with zero attached hydrogens (tertiary/aromatic N) is 4. The fraction of sp³-hybridized carbons (Fsp3) is 0.316. The van der Waals surface area contributed by atoms with E-state index in [1.807, 2.05) is 18.2 Å². The van der Waals surface area contributed by atoms with Crippen molar-refractivity contribution in [2.75, 3.05) is 26.3 Å². The Morgan fingerprint density at radius 1 is 1.26 bits per heavy atom.